The van der Waals surface area contributed by atoms with Gasteiger partial charge in [-0.3, -0.25) is 4.57 Å². The maximum atomic E-state index is 13.8. The van der Waals surface area contributed by atoms with Crippen molar-refractivity contribution in [2.24, 2.45) is 11.8 Å². The average molecular weight is 283 g/mol. The van der Waals surface area contributed by atoms with E-state index >= 15 is 0 Å². The molecule has 0 aromatic heterocycles. The van der Waals surface area contributed by atoms with Crippen LogP contribution in [-0.2, 0) is 4.57 Å². The number of fused-ring (bicyclic) bond motifs is 4. The van der Waals surface area contributed by atoms with Gasteiger partial charge in [-0.15, -0.1) is 0 Å². The summed E-state index contributed by atoms with van der Waals surface area (Å²) in [5, 5.41) is 0. The predicted molar refractivity (Wildman–Crippen MR) is 77.0 cm³/mol. The largest absolute Gasteiger partial charge is 0.287 e. The van der Waals surface area contributed by atoms with Crippen molar-refractivity contribution >= 4 is 7.59 Å². The molecule has 5 aliphatic rings. The van der Waals surface area contributed by atoms with Gasteiger partial charge >= 0.3 is 0 Å². The maximum Gasteiger partial charge on any atom is 0.287 e. The summed E-state index contributed by atoms with van der Waals surface area (Å²) in [6.45, 7) is 8.67. The molecule has 0 spiro atoms. The fourth-order valence-electron chi connectivity index (χ4n) is 4.13. The second-order valence-corrected chi connectivity index (χ2v) is 9.83. The van der Waals surface area contributed by atoms with Crippen molar-refractivity contribution < 1.29 is 4.57 Å². The summed E-state index contributed by atoms with van der Waals surface area (Å²) in [5.74, 6) is 1.61. The highest BCUT2D eigenvalue weighted by Crippen LogP contribution is 2.67. The van der Waals surface area contributed by atoms with Crippen molar-refractivity contribution in [3.05, 3.63) is 0 Å². The summed E-state index contributed by atoms with van der Waals surface area (Å²) in [4.78, 5) is 0. The van der Waals surface area contributed by atoms with Crippen molar-refractivity contribution in [2.45, 2.75) is 51.6 Å². The van der Waals surface area contributed by atoms with Crippen LogP contribution in [0.5, 0.6) is 0 Å². The van der Waals surface area contributed by atoms with Crippen molar-refractivity contribution in [1.82, 2.24) is 14.0 Å². The van der Waals surface area contributed by atoms with Crippen LogP contribution in [0.25, 0.3) is 0 Å². The van der Waals surface area contributed by atoms with Crippen molar-refractivity contribution in [2.75, 3.05) is 26.2 Å². The Hall–Kier alpha value is 0.110. The second kappa shape index (κ2) is 4.30. The van der Waals surface area contributed by atoms with Crippen LogP contribution < -0.4 is 0 Å². The zero-order chi connectivity index (χ0) is 13.2. The summed E-state index contributed by atoms with van der Waals surface area (Å²) in [5.41, 5.74) is 0. The zero-order valence-corrected chi connectivity index (χ0v) is 13.1. The van der Waals surface area contributed by atoms with Crippen molar-refractivity contribution in [1.29, 1.82) is 0 Å². The van der Waals surface area contributed by atoms with Gasteiger partial charge in [-0.2, -0.15) is 0 Å². The molecule has 5 fully saturated rings. The normalized spacial score (nSPS) is 52.5. The molecule has 2 unspecified atom stereocenters. The van der Waals surface area contributed by atoms with Gasteiger partial charge in [0.25, 0.3) is 7.59 Å². The van der Waals surface area contributed by atoms with E-state index in [1.54, 1.807) is 0 Å². The fraction of sp³-hybridized carbons (Fsp3) is 1.00. The van der Waals surface area contributed by atoms with Gasteiger partial charge in [0.1, 0.15) is 0 Å². The van der Waals surface area contributed by atoms with E-state index in [1.165, 1.54) is 25.7 Å². The van der Waals surface area contributed by atoms with Gasteiger partial charge < -0.3 is 0 Å². The molecule has 0 aromatic rings. The molecule has 2 bridgehead atoms. The van der Waals surface area contributed by atoms with Crippen LogP contribution >= 0.6 is 7.59 Å². The molecule has 4 saturated heterocycles. The minimum atomic E-state index is -2.39. The molecule has 4 nitrogen and oxygen atoms in total. The van der Waals surface area contributed by atoms with Gasteiger partial charge in [-0.1, -0.05) is 0 Å². The van der Waals surface area contributed by atoms with Gasteiger partial charge in [0.15, 0.2) is 0 Å². The lowest BCUT2D eigenvalue weighted by Gasteiger charge is -2.34. The molecular weight excluding hydrogens is 257 g/mol. The van der Waals surface area contributed by atoms with Gasteiger partial charge in [0.2, 0.25) is 0 Å². The van der Waals surface area contributed by atoms with Gasteiger partial charge in [0, 0.05) is 38.3 Å². The van der Waals surface area contributed by atoms with Crippen molar-refractivity contribution in [3.63, 3.8) is 0 Å². The van der Waals surface area contributed by atoms with Crippen LogP contribution in [0, 0.1) is 11.8 Å². The third-order valence-electron chi connectivity index (χ3n) is 5.59. The minimum absolute atomic E-state index is 0.527. The average Bonchev–Trinajstić information content (AvgIpc) is 3.25. The highest BCUT2D eigenvalue weighted by Gasteiger charge is 2.58. The van der Waals surface area contributed by atoms with Crippen LogP contribution in [-0.4, -0.2) is 52.3 Å². The molecule has 0 radical (unpaired) electrons. The lowest BCUT2D eigenvalue weighted by Crippen LogP contribution is -2.32. The first-order valence-electron chi connectivity index (χ1n) is 7.98. The Morgan fingerprint density at radius 1 is 0.789 bits per heavy atom. The number of hydrogen-bond donors (Lipinski definition) is 0. The smallest absolute Gasteiger partial charge is 0.270 e. The molecule has 0 amide bonds. The molecule has 5 heteroatoms. The number of hydrogen-bond acceptors (Lipinski definition) is 1. The molecule has 19 heavy (non-hydrogen) atoms. The maximum absolute atomic E-state index is 13.8. The highest BCUT2D eigenvalue weighted by atomic mass is 31.2. The first-order chi connectivity index (χ1) is 9.09. The summed E-state index contributed by atoms with van der Waals surface area (Å²) >= 11 is 0. The molecular formula is C14H26N3OP. The Morgan fingerprint density at radius 3 is 1.47 bits per heavy atom. The third-order valence-corrected chi connectivity index (χ3v) is 9.11. The highest BCUT2D eigenvalue weighted by molar-refractivity contribution is 7.57. The van der Waals surface area contributed by atoms with E-state index in [9.17, 15) is 4.57 Å². The monoisotopic (exact) mass is 283 g/mol. The lowest BCUT2D eigenvalue weighted by molar-refractivity contribution is 0.326. The van der Waals surface area contributed by atoms with Crippen molar-refractivity contribution in [3.8, 4) is 0 Å². The molecule has 108 valence electrons. The van der Waals surface area contributed by atoms with E-state index in [0.29, 0.717) is 12.1 Å². The van der Waals surface area contributed by atoms with Gasteiger partial charge in [-0.25, -0.2) is 14.0 Å². The second-order valence-electron chi connectivity index (χ2n) is 7.21. The van der Waals surface area contributed by atoms with Crippen LogP contribution in [0.3, 0.4) is 0 Å². The van der Waals surface area contributed by atoms with Gasteiger partial charge in [-0.05, 0) is 51.4 Å². The van der Waals surface area contributed by atoms with E-state index in [0.717, 1.165) is 38.0 Å². The summed E-state index contributed by atoms with van der Waals surface area (Å²) in [6.07, 6.45) is 5.47. The summed E-state index contributed by atoms with van der Waals surface area (Å²) < 4.78 is 20.7. The zero-order valence-electron chi connectivity index (χ0n) is 12.2. The summed E-state index contributed by atoms with van der Waals surface area (Å²) in [6, 6.07) is 1.05. The van der Waals surface area contributed by atoms with Gasteiger partial charge in [0.05, 0.1) is 0 Å². The molecule has 5 rings (SSSR count). The molecule has 0 aromatic carbocycles. The quantitative estimate of drug-likeness (QED) is 0.587. The van der Waals surface area contributed by atoms with Crippen LogP contribution in [0.2, 0.25) is 0 Å². The summed E-state index contributed by atoms with van der Waals surface area (Å²) in [7, 11) is -2.39. The van der Waals surface area contributed by atoms with Crippen LogP contribution in [0.1, 0.15) is 39.5 Å². The first kappa shape index (κ1) is 12.8. The molecule has 4 heterocycles. The Balaban J connectivity index is 1.62. The van der Waals surface area contributed by atoms with Crippen LogP contribution in [0.15, 0.2) is 0 Å². The number of nitrogens with zero attached hydrogens (tertiary/aromatic N) is 3. The molecule has 1 saturated carbocycles. The molecule has 4 aliphatic heterocycles. The van der Waals surface area contributed by atoms with E-state index in [4.69, 9.17) is 0 Å². The molecule has 0 N–H and O–H groups in total. The Kier molecular flexibility index (Phi) is 2.90. The topological polar surface area (TPSA) is 26.3 Å². The lowest BCUT2D eigenvalue weighted by atomic mass is 9.84. The third kappa shape index (κ3) is 2.03. The minimum Gasteiger partial charge on any atom is -0.270 e. The van der Waals surface area contributed by atoms with Crippen LogP contribution in [0.4, 0.5) is 0 Å². The Bertz CT molecular complexity index is 387. The Labute approximate surface area is 116 Å². The van der Waals surface area contributed by atoms with E-state index in [2.05, 4.69) is 27.9 Å². The standard InChI is InChI=1S/C14H26N3OP/c1-11-7-16(11)19(18,17-8-12(17)2)15-9-13-3-4-14(10-15)6-5-13/h11-14H,3-10H2,1-2H3/t11-,12-,13?,14?,16?,17?,19?/m1/s1. The first-order valence-corrected chi connectivity index (χ1v) is 9.55. The predicted octanol–water partition coefficient (Wildman–Crippen LogP) is 2.62. The molecule has 1 aliphatic carbocycles. The van der Waals surface area contributed by atoms with E-state index in [-0.39, 0.29) is 0 Å². The SMILES string of the molecule is C[C@@H]1CN1P(=O)(N1CC2CCC(CC2)C1)N1C[C@H]1C. The van der Waals surface area contributed by atoms with E-state index < -0.39 is 7.59 Å². The molecule has 4 atom stereocenters. The number of rotatable bonds is 3. The fourth-order valence-corrected chi connectivity index (χ4v) is 7.88. The van der Waals surface area contributed by atoms with E-state index in [1.807, 2.05) is 0 Å². The Morgan fingerprint density at radius 2 is 1.16 bits per heavy atom.